The average molecular weight is 569 g/mol. The lowest BCUT2D eigenvalue weighted by Gasteiger charge is -2.15. The second kappa shape index (κ2) is 11.7. The molecular weight excluding hydrogens is 544 g/mol. The molecule has 2 heterocycles. The van der Waals surface area contributed by atoms with Crippen molar-refractivity contribution < 1.29 is 14.6 Å². The second-order valence-corrected chi connectivity index (χ2v) is 8.90. The van der Waals surface area contributed by atoms with Gasteiger partial charge in [-0.15, -0.1) is 0 Å². The van der Waals surface area contributed by atoms with Gasteiger partial charge in [-0.25, -0.2) is 10.2 Å². The zero-order valence-corrected chi connectivity index (χ0v) is 21.7. The maximum Gasteiger partial charge on any atom is 0.329 e. The topological polar surface area (TPSA) is 136 Å². The van der Waals surface area contributed by atoms with E-state index in [1.54, 1.807) is 31.4 Å². The van der Waals surface area contributed by atoms with Crippen molar-refractivity contribution in [3.63, 3.8) is 0 Å². The number of nitrogens with one attached hydrogen (secondary N) is 2. The SMILES string of the molecule is COc1ccc(OCC(O)Cn2c(N/N=C/C(Br)=C/c3ccccc3)nc3c2c(=O)[nH]c(=O)n3C)cc1. The number of aryl methyl sites for hydroxylation is 1. The number of hydrogen-bond donors (Lipinski definition) is 3. The highest BCUT2D eigenvalue weighted by Crippen LogP contribution is 2.19. The van der Waals surface area contributed by atoms with Crippen molar-refractivity contribution in [2.45, 2.75) is 12.6 Å². The molecule has 0 aliphatic carbocycles. The summed E-state index contributed by atoms with van der Waals surface area (Å²) in [6, 6.07) is 16.6. The number of halogens is 1. The fourth-order valence-electron chi connectivity index (χ4n) is 3.52. The van der Waals surface area contributed by atoms with Crippen molar-refractivity contribution in [2.75, 3.05) is 19.1 Å². The minimum Gasteiger partial charge on any atom is -0.497 e. The second-order valence-electron chi connectivity index (χ2n) is 7.99. The molecule has 0 fully saturated rings. The zero-order valence-electron chi connectivity index (χ0n) is 20.1. The first kappa shape index (κ1) is 25.9. The van der Waals surface area contributed by atoms with E-state index < -0.39 is 17.4 Å². The highest BCUT2D eigenvalue weighted by molar-refractivity contribution is 9.12. The third-order valence-corrected chi connectivity index (χ3v) is 5.79. The minimum atomic E-state index is -1.01. The first-order valence-electron chi connectivity index (χ1n) is 11.2. The average Bonchev–Trinajstić information content (AvgIpc) is 3.25. The van der Waals surface area contributed by atoms with Gasteiger partial charge in [-0.3, -0.25) is 14.3 Å². The van der Waals surface area contributed by atoms with Crippen LogP contribution < -0.4 is 26.1 Å². The monoisotopic (exact) mass is 568 g/mol. The number of fused-ring (bicyclic) bond motifs is 1. The van der Waals surface area contributed by atoms with Crippen LogP contribution in [0.25, 0.3) is 17.2 Å². The van der Waals surface area contributed by atoms with Crippen molar-refractivity contribution in [3.8, 4) is 11.5 Å². The number of rotatable bonds is 10. The van der Waals surface area contributed by atoms with Gasteiger partial charge in [0.1, 0.15) is 24.2 Å². The van der Waals surface area contributed by atoms with E-state index in [2.05, 4.69) is 36.4 Å². The maximum atomic E-state index is 12.7. The summed E-state index contributed by atoms with van der Waals surface area (Å²) in [5.74, 6) is 1.40. The van der Waals surface area contributed by atoms with Crippen LogP contribution in [0.15, 0.2) is 73.8 Å². The summed E-state index contributed by atoms with van der Waals surface area (Å²) in [5, 5.41) is 14.9. The number of benzene rings is 2. The van der Waals surface area contributed by atoms with Gasteiger partial charge in [-0.05, 0) is 51.8 Å². The summed E-state index contributed by atoms with van der Waals surface area (Å²) >= 11 is 3.45. The van der Waals surface area contributed by atoms with Crippen molar-refractivity contribution in [3.05, 3.63) is 85.5 Å². The molecule has 37 heavy (non-hydrogen) atoms. The van der Waals surface area contributed by atoms with Crippen molar-refractivity contribution >= 4 is 45.3 Å². The fraction of sp³-hybridized carbons (Fsp3) is 0.200. The number of aliphatic hydroxyl groups is 1. The Morgan fingerprint density at radius 3 is 2.59 bits per heavy atom. The number of hydrazone groups is 1. The lowest BCUT2D eigenvalue weighted by molar-refractivity contribution is 0.0938. The molecule has 2 aromatic carbocycles. The molecule has 12 heteroatoms. The first-order chi connectivity index (χ1) is 17.9. The normalized spacial score (nSPS) is 12.7. The number of anilines is 1. The Hall–Kier alpha value is -4.16. The van der Waals surface area contributed by atoms with Crippen LogP contribution in [-0.2, 0) is 13.6 Å². The third kappa shape index (κ3) is 6.35. The summed E-state index contributed by atoms with van der Waals surface area (Å²) in [6.07, 6.45) is 2.40. The summed E-state index contributed by atoms with van der Waals surface area (Å²) in [5.41, 5.74) is 2.81. The van der Waals surface area contributed by atoms with Crippen LogP contribution in [0.1, 0.15) is 5.56 Å². The molecular formula is C25H25BrN6O5. The van der Waals surface area contributed by atoms with Gasteiger partial charge >= 0.3 is 5.69 Å². The lowest BCUT2D eigenvalue weighted by atomic mass is 10.2. The number of methoxy groups -OCH3 is 1. The van der Waals surface area contributed by atoms with Gasteiger partial charge in [0.15, 0.2) is 11.2 Å². The molecule has 11 nitrogen and oxygen atoms in total. The number of H-pyrrole nitrogens is 1. The molecule has 3 N–H and O–H groups in total. The molecule has 0 aliphatic rings. The largest absolute Gasteiger partial charge is 0.497 e. The number of hydrogen-bond acceptors (Lipinski definition) is 8. The van der Waals surface area contributed by atoms with Crippen LogP contribution in [0.4, 0.5) is 5.95 Å². The summed E-state index contributed by atoms with van der Waals surface area (Å²) in [7, 11) is 3.06. The number of nitrogens with zero attached hydrogens (tertiary/aromatic N) is 4. The predicted octanol–water partition coefficient (Wildman–Crippen LogP) is 2.71. The molecule has 4 rings (SSSR count). The molecule has 0 saturated heterocycles. The molecule has 2 aromatic heterocycles. The fourth-order valence-corrected chi connectivity index (χ4v) is 3.89. The summed E-state index contributed by atoms with van der Waals surface area (Å²) < 4.78 is 14.2. The standard InChI is InChI=1S/C25H25BrN6O5/c1-31-22-21(23(34)29-25(31)35)32(14-18(33)15-37-20-10-8-19(36-2)9-11-20)24(28-22)30-27-13-17(26)12-16-6-4-3-5-7-16/h3-13,18,33H,14-15H2,1-2H3,(H,28,30)(H,29,34,35)/b17-12-,27-13+. The molecule has 0 bridgehead atoms. The molecule has 4 aromatic rings. The van der Waals surface area contributed by atoms with E-state index in [1.807, 2.05) is 36.4 Å². The molecule has 1 atom stereocenters. The minimum absolute atomic E-state index is 0.0488. The Kier molecular flexibility index (Phi) is 8.21. The van der Waals surface area contributed by atoms with Crippen LogP contribution >= 0.6 is 15.9 Å². The molecule has 0 saturated carbocycles. The van der Waals surface area contributed by atoms with Crippen molar-refractivity contribution in [1.82, 2.24) is 19.1 Å². The Labute approximate surface area is 219 Å². The maximum absolute atomic E-state index is 12.7. The predicted molar refractivity (Wildman–Crippen MR) is 146 cm³/mol. The quantitative estimate of drug-likeness (QED) is 0.197. The number of imidazole rings is 1. The number of ether oxygens (including phenoxy) is 2. The van der Waals surface area contributed by atoms with Crippen LogP contribution in [-0.4, -0.2) is 50.2 Å². The van der Waals surface area contributed by atoms with Crippen LogP contribution in [0.2, 0.25) is 0 Å². The van der Waals surface area contributed by atoms with Crippen molar-refractivity contribution in [1.29, 1.82) is 0 Å². The van der Waals surface area contributed by atoms with Gasteiger partial charge in [0.25, 0.3) is 5.56 Å². The smallest absolute Gasteiger partial charge is 0.329 e. The van der Waals surface area contributed by atoms with E-state index in [1.165, 1.54) is 22.4 Å². The van der Waals surface area contributed by atoms with E-state index >= 15 is 0 Å². The number of aromatic amines is 1. The number of allylic oxidation sites excluding steroid dienone is 1. The molecule has 1 unspecified atom stereocenters. The van der Waals surface area contributed by atoms with Crippen LogP contribution in [0.3, 0.4) is 0 Å². The Morgan fingerprint density at radius 1 is 1.19 bits per heavy atom. The van der Waals surface area contributed by atoms with E-state index in [0.717, 1.165) is 5.56 Å². The molecule has 0 amide bonds. The van der Waals surface area contributed by atoms with Gasteiger partial charge in [0, 0.05) is 11.5 Å². The van der Waals surface area contributed by atoms with Gasteiger partial charge in [0.05, 0.1) is 19.9 Å². The first-order valence-corrected chi connectivity index (χ1v) is 12.0. The van der Waals surface area contributed by atoms with Crippen LogP contribution in [0.5, 0.6) is 11.5 Å². The molecule has 192 valence electrons. The van der Waals surface area contributed by atoms with Gasteiger partial charge < -0.3 is 19.1 Å². The van der Waals surface area contributed by atoms with E-state index in [0.29, 0.717) is 16.0 Å². The van der Waals surface area contributed by atoms with E-state index in [-0.39, 0.29) is 30.3 Å². The summed E-state index contributed by atoms with van der Waals surface area (Å²) in [4.78, 5) is 31.4. The lowest BCUT2D eigenvalue weighted by Crippen LogP contribution is -2.30. The van der Waals surface area contributed by atoms with Crippen molar-refractivity contribution in [2.24, 2.45) is 12.1 Å². The molecule has 0 aliphatic heterocycles. The number of aromatic nitrogens is 4. The zero-order chi connectivity index (χ0) is 26.4. The Bertz CT molecular complexity index is 1540. The van der Waals surface area contributed by atoms with Crippen LogP contribution in [0, 0.1) is 0 Å². The highest BCUT2D eigenvalue weighted by atomic mass is 79.9. The molecule has 0 radical (unpaired) electrons. The van der Waals surface area contributed by atoms with E-state index in [4.69, 9.17) is 9.47 Å². The Morgan fingerprint density at radius 2 is 1.89 bits per heavy atom. The Balaban J connectivity index is 1.56. The van der Waals surface area contributed by atoms with Gasteiger partial charge in [0.2, 0.25) is 5.95 Å². The number of aliphatic hydroxyl groups excluding tert-OH is 1. The third-order valence-electron chi connectivity index (χ3n) is 5.36. The molecule has 0 spiro atoms. The van der Waals surface area contributed by atoms with Gasteiger partial charge in [-0.1, -0.05) is 30.3 Å². The highest BCUT2D eigenvalue weighted by Gasteiger charge is 2.20. The van der Waals surface area contributed by atoms with E-state index in [9.17, 15) is 14.7 Å². The summed E-state index contributed by atoms with van der Waals surface area (Å²) in [6.45, 7) is -0.101. The van der Waals surface area contributed by atoms with Gasteiger partial charge in [-0.2, -0.15) is 10.1 Å².